The quantitative estimate of drug-likeness (QED) is 0.363. The van der Waals surface area contributed by atoms with Crippen LogP contribution in [0.4, 0.5) is 17.6 Å². The van der Waals surface area contributed by atoms with Gasteiger partial charge in [0.25, 0.3) is 0 Å². The fourth-order valence-corrected chi connectivity index (χ4v) is 3.84. The van der Waals surface area contributed by atoms with Crippen molar-refractivity contribution in [1.82, 2.24) is 0 Å². The zero-order valence-corrected chi connectivity index (χ0v) is 20.0. The molecule has 5 nitrogen and oxygen atoms in total. The lowest BCUT2D eigenvalue weighted by atomic mass is 9.82. The number of halogens is 4. The third-order valence-corrected chi connectivity index (χ3v) is 5.89. The summed E-state index contributed by atoms with van der Waals surface area (Å²) in [5, 5.41) is 0. The van der Waals surface area contributed by atoms with Crippen molar-refractivity contribution in [1.29, 1.82) is 0 Å². The largest absolute Gasteiger partial charge is 0.459 e. The van der Waals surface area contributed by atoms with Gasteiger partial charge in [0.15, 0.2) is 0 Å². The van der Waals surface area contributed by atoms with Crippen LogP contribution in [0.15, 0.2) is 24.3 Å². The van der Waals surface area contributed by atoms with E-state index in [0.717, 1.165) is 32.1 Å². The Balaban J connectivity index is 0.000000257. The number of ether oxygens (including phenoxy) is 3. The fraction of sp³-hybridized carbons (Fsp3) is 0.680. The van der Waals surface area contributed by atoms with Gasteiger partial charge < -0.3 is 14.2 Å². The molecule has 9 heteroatoms. The minimum Gasteiger partial charge on any atom is -0.459 e. The van der Waals surface area contributed by atoms with Gasteiger partial charge in [-0.3, -0.25) is 0 Å². The average Bonchev–Trinajstić information content (AvgIpc) is 2.78. The van der Waals surface area contributed by atoms with Crippen LogP contribution in [0.25, 0.3) is 0 Å². The van der Waals surface area contributed by atoms with E-state index in [9.17, 15) is 27.2 Å². The average molecular weight is 491 g/mol. The van der Waals surface area contributed by atoms with E-state index in [2.05, 4.69) is 29.0 Å². The van der Waals surface area contributed by atoms with E-state index in [1.807, 2.05) is 6.92 Å². The number of carbonyl (C=O) groups excluding carboxylic acids is 2. The highest BCUT2D eigenvalue weighted by Gasteiger charge is 2.37. The molecule has 1 heterocycles. The maximum Gasteiger partial charge on any atom is 0.376 e. The Bertz CT molecular complexity index is 772. The maximum absolute atomic E-state index is 12.8. The van der Waals surface area contributed by atoms with Crippen LogP contribution in [0.2, 0.25) is 0 Å². The first-order chi connectivity index (χ1) is 15.9. The standard InChI is InChI=1S/C16H20F2O2.C9H14F2O3/c1-11-3-5-12(6-4-11)13-7-9-14(10-8-13)20-15(19)16(2,17)18;1-9(10,11)8(12)14-6-7-4-2-3-5-13-7/h3-6,13-14H,7-10H2,1-2H3;7H,2-6H2,1H3. The van der Waals surface area contributed by atoms with Gasteiger partial charge in [0.05, 0.1) is 6.10 Å². The normalized spacial score (nSPS) is 23.3. The van der Waals surface area contributed by atoms with Crippen molar-refractivity contribution in [2.24, 2.45) is 0 Å². The topological polar surface area (TPSA) is 61.8 Å². The first-order valence-corrected chi connectivity index (χ1v) is 11.7. The number of aryl methyl sites for hydroxylation is 1. The van der Waals surface area contributed by atoms with Gasteiger partial charge in [0, 0.05) is 20.5 Å². The van der Waals surface area contributed by atoms with Crippen LogP contribution < -0.4 is 0 Å². The second-order valence-electron chi connectivity index (χ2n) is 9.15. The van der Waals surface area contributed by atoms with Crippen molar-refractivity contribution in [2.75, 3.05) is 13.2 Å². The maximum atomic E-state index is 12.8. The van der Waals surface area contributed by atoms with E-state index in [-0.39, 0.29) is 18.8 Å². The summed E-state index contributed by atoms with van der Waals surface area (Å²) in [6.45, 7) is 3.70. The molecule has 3 rings (SSSR count). The predicted octanol–water partition coefficient (Wildman–Crippen LogP) is 5.97. The van der Waals surface area contributed by atoms with E-state index in [4.69, 9.17) is 9.47 Å². The van der Waals surface area contributed by atoms with Crippen LogP contribution in [0, 0.1) is 6.92 Å². The van der Waals surface area contributed by atoms with Gasteiger partial charge in [-0.25, -0.2) is 9.59 Å². The molecule has 1 saturated carbocycles. The second-order valence-corrected chi connectivity index (χ2v) is 9.15. The minimum atomic E-state index is -3.41. The highest BCUT2D eigenvalue weighted by Crippen LogP contribution is 2.34. The molecule has 0 radical (unpaired) electrons. The SMILES string of the molecule is CC(F)(F)C(=O)OCC1CCCCO1.Cc1ccc(C2CCC(OC(=O)C(C)(F)F)CC2)cc1. The zero-order chi connectivity index (χ0) is 25.4. The van der Waals surface area contributed by atoms with Gasteiger partial charge in [-0.05, 0) is 63.4 Å². The number of hydrogen-bond acceptors (Lipinski definition) is 5. The molecule has 2 aliphatic rings. The van der Waals surface area contributed by atoms with Crippen LogP contribution >= 0.6 is 0 Å². The third-order valence-electron chi connectivity index (χ3n) is 5.89. The molecule has 1 aliphatic heterocycles. The number of esters is 2. The molecule has 1 saturated heterocycles. The van der Waals surface area contributed by atoms with E-state index >= 15 is 0 Å². The number of rotatable bonds is 6. The summed E-state index contributed by atoms with van der Waals surface area (Å²) < 4.78 is 64.8. The lowest BCUT2D eigenvalue weighted by Gasteiger charge is -2.29. The van der Waals surface area contributed by atoms with Crippen molar-refractivity contribution in [3.05, 3.63) is 35.4 Å². The van der Waals surface area contributed by atoms with Crippen LogP contribution in [0.1, 0.15) is 75.8 Å². The Labute approximate surface area is 198 Å². The van der Waals surface area contributed by atoms with Gasteiger partial charge in [-0.1, -0.05) is 29.8 Å². The molecule has 192 valence electrons. The molecule has 2 fully saturated rings. The molecule has 0 spiro atoms. The van der Waals surface area contributed by atoms with Crippen molar-refractivity contribution in [3.8, 4) is 0 Å². The smallest absolute Gasteiger partial charge is 0.376 e. The van der Waals surface area contributed by atoms with Crippen molar-refractivity contribution >= 4 is 11.9 Å². The van der Waals surface area contributed by atoms with Gasteiger partial charge in [-0.2, -0.15) is 17.6 Å². The van der Waals surface area contributed by atoms with E-state index < -0.39 is 23.8 Å². The van der Waals surface area contributed by atoms with Crippen molar-refractivity contribution in [2.45, 2.75) is 95.7 Å². The molecule has 34 heavy (non-hydrogen) atoms. The lowest BCUT2D eigenvalue weighted by molar-refractivity contribution is -0.176. The number of hydrogen-bond donors (Lipinski definition) is 0. The molecule has 0 N–H and O–H groups in total. The molecule has 0 aromatic heterocycles. The molecule has 0 bridgehead atoms. The molecular formula is C25H34F4O5. The van der Waals surface area contributed by atoms with E-state index in [1.54, 1.807) is 0 Å². The van der Waals surface area contributed by atoms with Crippen LogP contribution in [-0.4, -0.2) is 49.2 Å². The van der Waals surface area contributed by atoms with Crippen molar-refractivity contribution in [3.63, 3.8) is 0 Å². The van der Waals surface area contributed by atoms with Gasteiger partial charge in [0.1, 0.15) is 12.7 Å². The molecular weight excluding hydrogens is 456 g/mol. The Hall–Kier alpha value is -2.16. The minimum absolute atomic E-state index is 0.0672. The van der Waals surface area contributed by atoms with Crippen LogP contribution in [0.5, 0.6) is 0 Å². The summed E-state index contributed by atoms with van der Waals surface area (Å²) in [5.41, 5.74) is 2.50. The second kappa shape index (κ2) is 12.5. The Morgan fingerprint density at radius 1 is 0.912 bits per heavy atom. The van der Waals surface area contributed by atoms with Crippen LogP contribution in [0.3, 0.4) is 0 Å². The molecule has 1 unspecified atom stereocenters. The fourth-order valence-electron chi connectivity index (χ4n) is 3.84. The highest BCUT2D eigenvalue weighted by molar-refractivity contribution is 5.77. The zero-order valence-electron chi connectivity index (χ0n) is 20.0. The number of alkyl halides is 4. The van der Waals surface area contributed by atoms with Gasteiger partial charge in [0.2, 0.25) is 0 Å². The summed E-state index contributed by atoms with van der Waals surface area (Å²) in [4.78, 5) is 21.8. The number of carbonyl (C=O) groups is 2. The Morgan fingerprint density at radius 2 is 1.50 bits per heavy atom. The first kappa shape index (κ1) is 28.1. The summed E-state index contributed by atoms with van der Waals surface area (Å²) in [7, 11) is 0. The summed E-state index contributed by atoms with van der Waals surface area (Å²) in [6.07, 6.45) is 5.21. The van der Waals surface area contributed by atoms with E-state index in [1.165, 1.54) is 11.1 Å². The van der Waals surface area contributed by atoms with Crippen molar-refractivity contribution < 1.29 is 41.4 Å². The number of benzene rings is 1. The molecule has 1 aliphatic carbocycles. The summed E-state index contributed by atoms with van der Waals surface area (Å²) in [6, 6.07) is 8.40. The third kappa shape index (κ3) is 9.60. The first-order valence-electron chi connectivity index (χ1n) is 11.7. The van der Waals surface area contributed by atoms with Crippen LogP contribution in [-0.2, 0) is 23.8 Å². The Morgan fingerprint density at radius 3 is 2.00 bits per heavy atom. The summed E-state index contributed by atoms with van der Waals surface area (Å²) in [5.74, 6) is -9.25. The van der Waals surface area contributed by atoms with Gasteiger partial charge >= 0.3 is 23.8 Å². The summed E-state index contributed by atoms with van der Waals surface area (Å²) >= 11 is 0. The monoisotopic (exact) mass is 490 g/mol. The molecule has 1 aromatic rings. The predicted molar refractivity (Wildman–Crippen MR) is 118 cm³/mol. The molecule has 1 aromatic carbocycles. The Kier molecular flexibility index (Phi) is 10.3. The molecule has 1 atom stereocenters. The molecule has 0 amide bonds. The van der Waals surface area contributed by atoms with E-state index in [0.29, 0.717) is 39.2 Å². The van der Waals surface area contributed by atoms with Gasteiger partial charge in [-0.15, -0.1) is 0 Å². The highest BCUT2D eigenvalue weighted by atomic mass is 19.3. The lowest BCUT2D eigenvalue weighted by Crippen LogP contribution is -2.32.